The number of benzene rings is 1. The number of aromatic hydroxyl groups is 1. The van der Waals surface area contributed by atoms with Gasteiger partial charge in [0.1, 0.15) is 5.75 Å². The highest BCUT2D eigenvalue weighted by molar-refractivity contribution is 7.98. The van der Waals surface area contributed by atoms with Crippen molar-refractivity contribution in [2.24, 2.45) is 0 Å². The Morgan fingerprint density at radius 1 is 1.45 bits per heavy atom. The Kier molecular flexibility index (Phi) is 5.03. The minimum absolute atomic E-state index is 0.00163. The number of hydrogen-bond acceptors (Lipinski definition) is 5. The van der Waals surface area contributed by atoms with Crippen LogP contribution < -0.4 is 4.90 Å². The number of para-hydroxylation sites is 1. The first-order chi connectivity index (χ1) is 9.61. The zero-order chi connectivity index (χ0) is 14.5. The molecular weight excluding hydrogens is 292 g/mol. The Bertz CT molecular complexity index is 598. The highest BCUT2D eigenvalue weighted by Crippen LogP contribution is 2.31. The number of rotatable bonds is 5. The molecule has 0 bridgehead atoms. The summed E-state index contributed by atoms with van der Waals surface area (Å²) in [5.74, 6) is 0.956. The van der Waals surface area contributed by atoms with E-state index >= 15 is 0 Å². The molecule has 6 heteroatoms. The van der Waals surface area contributed by atoms with Gasteiger partial charge in [0.2, 0.25) is 5.91 Å². The summed E-state index contributed by atoms with van der Waals surface area (Å²) in [5.41, 5.74) is 0.915. The molecule has 0 radical (unpaired) electrons. The number of nitrogens with zero attached hydrogens (tertiary/aromatic N) is 2. The van der Waals surface area contributed by atoms with Gasteiger partial charge in [-0.05, 0) is 19.1 Å². The lowest BCUT2D eigenvalue weighted by atomic mass is 10.3. The van der Waals surface area contributed by atoms with Crippen LogP contribution in [0.25, 0.3) is 0 Å². The van der Waals surface area contributed by atoms with E-state index in [4.69, 9.17) is 0 Å². The standard InChI is InChI=1S/C14H16N2O2S2/c1-3-16(10(2)17)14-15-11(9-20-14)8-19-13-7-5-4-6-12(13)18/h4-7,9,18H,3,8H2,1-2H3. The van der Waals surface area contributed by atoms with Crippen LogP contribution in [0.5, 0.6) is 5.75 Å². The van der Waals surface area contributed by atoms with E-state index < -0.39 is 0 Å². The molecule has 0 saturated heterocycles. The molecule has 0 saturated carbocycles. The molecular formula is C14H16N2O2S2. The number of anilines is 1. The van der Waals surface area contributed by atoms with E-state index in [1.54, 1.807) is 24.0 Å². The molecule has 1 aromatic carbocycles. The normalized spacial score (nSPS) is 10.5. The van der Waals surface area contributed by atoms with Gasteiger partial charge in [-0.1, -0.05) is 12.1 Å². The maximum Gasteiger partial charge on any atom is 0.225 e. The van der Waals surface area contributed by atoms with E-state index in [9.17, 15) is 9.90 Å². The molecule has 0 atom stereocenters. The number of phenolic OH excluding ortho intramolecular Hbond substituents is 1. The van der Waals surface area contributed by atoms with Crippen molar-refractivity contribution in [3.8, 4) is 5.75 Å². The molecule has 1 aromatic heterocycles. The van der Waals surface area contributed by atoms with Gasteiger partial charge >= 0.3 is 0 Å². The monoisotopic (exact) mass is 308 g/mol. The van der Waals surface area contributed by atoms with Crippen molar-refractivity contribution in [2.45, 2.75) is 24.5 Å². The molecule has 0 fully saturated rings. The molecule has 0 aliphatic carbocycles. The number of thiazole rings is 1. The molecule has 1 N–H and O–H groups in total. The molecule has 0 spiro atoms. The molecule has 1 heterocycles. The Balaban J connectivity index is 2.03. The van der Waals surface area contributed by atoms with Crippen LogP contribution in [0, 0.1) is 0 Å². The van der Waals surface area contributed by atoms with Crippen molar-refractivity contribution in [1.82, 2.24) is 4.98 Å². The van der Waals surface area contributed by atoms with Crippen LogP contribution in [-0.2, 0) is 10.5 Å². The second-order valence-corrected chi connectivity index (χ2v) is 5.99. The summed E-state index contributed by atoms with van der Waals surface area (Å²) in [6.45, 7) is 4.09. The third-order valence-electron chi connectivity index (χ3n) is 2.71. The fraction of sp³-hybridized carbons (Fsp3) is 0.286. The van der Waals surface area contributed by atoms with Crippen LogP contribution in [-0.4, -0.2) is 22.5 Å². The third-order valence-corrected chi connectivity index (χ3v) is 4.72. The summed E-state index contributed by atoms with van der Waals surface area (Å²) < 4.78 is 0. The summed E-state index contributed by atoms with van der Waals surface area (Å²) >= 11 is 3.00. The number of thioether (sulfide) groups is 1. The lowest BCUT2D eigenvalue weighted by Crippen LogP contribution is -2.27. The van der Waals surface area contributed by atoms with E-state index in [1.165, 1.54) is 23.1 Å². The van der Waals surface area contributed by atoms with Gasteiger partial charge in [0.15, 0.2) is 5.13 Å². The predicted octanol–water partition coefficient (Wildman–Crippen LogP) is 3.51. The van der Waals surface area contributed by atoms with E-state index in [2.05, 4.69) is 4.98 Å². The van der Waals surface area contributed by atoms with Gasteiger partial charge in [-0.15, -0.1) is 23.1 Å². The summed E-state index contributed by atoms with van der Waals surface area (Å²) in [5, 5.41) is 12.4. The first kappa shape index (κ1) is 14.9. The van der Waals surface area contributed by atoms with E-state index in [1.807, 2.05) is 24.4 Å². The number of hydrogen-bond donors (Lipinski definition) is 1. The van der Waals surface area contributed by atoms with Crippen molar-refractivity contribution in [3.63, 3.8) is 0 Å². The minimum Gasteiger partial charge on any atom is -0.507 e. The van der Waals surface area contributed by atoms with Crippen LogP contribution in [0.15, 0.2) is 34.5 Å². The van der Waals surface area contributed by atoms with E-state index in [-0.39, 0.29) is 11.7 Å². The average molecular weight is 308 g/mol. The molecule has 1 amide bonds. The second kappa shape index (κ2) is 6.76. The Morgan fingerprint density at radius 2 is 2.20 bits per heavy atom. The Labute approximate surface area is 126 Å². The molecule has 4 nitrogen and oxygen atoms in total. The lowest BCUT2D eigenvalue weighted by molar-refractivity contribution is -0.116. The fourth-order valence-electron chi connectivity index (χ4n) is 1.71. The van der Waals surface area contributed by atoms with Crippen molar-refractivity contribution in [2.75, 3.05) is 11.4 Å². The first-order valence-corrected chi connectivity index (χ1v) is 8.11. The van der Waals surface area contributed by atoms with E-state index in [0.29, 0.717) is 12.3 Å². The van der Waals surface area contributed by atoms with Crippen LogP contribution >= 0.6 is 23.1 Å². The summed E-state index contributed by atoms with van der Waals surface area (Å²) in [4.78, 5) is 18.4. The summed E-state index contributed by atoms with van der Waals surface area (Å²) in [7, 11) is 0. The zero-order valence-corrected chi connectivity index (χ0v) is 13.0. The molecule has 0 unspecified atom stereocenters. The van der Waals surface area contributed by atoms with Gasteiger partial charge in [-0.25, -0.2) is 4.98 Å². The average Bonchev–Trinajstić information content (AvgIpc) is 2.87. The predicted molar refractivity (Wildman–Crippen MR) is 83.5 cm³/mol. The quantitative estimate of drug-likeness (QED) is 0.859. The summed E-state index contributed by atoms with van der Waals surface area (Å²) in [6, 6.07) is 7.24. The van der Waals surface area contributed by atoms with Crippen LogP contribution in [0.4, 0.5) is 5.13 Å². The Hall–Kier alpha value is -1.53. The number of phenols is 1. The topological polar surface area (TPSA) is 53.4 Å². The second-order valence-electron chi connectivity index (χ2n) is 4.14. The number of amides is 1. The van der Waals surface area contributed by atoms with Gasteiger partial charge in [0, 0.05) is 29.5 Å². The highest BCUT2D eigenvalue weighted by Gasteiger charge is 2.13. The smallest absolute Gasteiger partial charge is 0.225 e. The maximum absolute atomic E-state index is 11.5. The van der Waals surface area contributed by atoms with Crippen LogP contribution in [0.1, 0.15) is 19.5 Å². The highest BCUT2D eigenvalue weighted by atomic mass is 32.2. The SMILES string of the molecule is CCN(C(C)=O)c1nc(CSc2ccccc2O)cs1. The number of aromatic nitrogens is 1. The third kappa shape index (κ3) is 3.52. The van der Waals surface area contributed by atoms with Crippen molar-refractivity contribution in [3.05, 3.63) is 35.3 Å². The van der Waals surface area contributed by atoms with Crippen LogP contribution in [0.2, 0.25) is 0 Å². The molecule has 106 valence electrons. The van der Waals surface area contributed by atoms with Crippen molar-refractivity contribution >= 4 is 34.1 Å². The van der Waals surface area contributed by atoms with Gasteiger partial charge < -0.3 is 5.11 Å². The maximum atomic E-state index is 11.5. The fourth-order valence-corrected chi connectivity index (χ4v) is 3.59. The molecule has 0 aliphatic heterocycles. The van der Waals surface area contributed by atoms with Crippen LogP contribution in [0.3, 0.4) is 0 Å². The van der Waals surface area contributed by atoms with Crippen molar-refractivity contribution in [1.29, 1.82) is 0 Å². The number of carbonyl (C=O) groups excluding carboxylic acids is 1. The minimum atomic E-state index is 0.00163. The number of carbonyl (C=O) groups is 1. The lowest BCUT2D eigenvalue weighted by Gasteiger charge is -2.14. The molecule has 20 heavy (non-hydrogen) atoms. The largest absolute Gasteiger partial charge is 0.507 e. The molecule has 2 aromatic rings. The van der Waals surface area contributed by atoms with Gasteiger partial charge in [0.25, 0.3) is 0 Å². The van der Waals surface area contributed by atoms with E-state index in [0.717, 1.165) is 15.7 Å². The van der Waals surface area contributed by atoms with Gasteiger partial charge in [0.05, 0.1) is 5.69 Å². The Morgan fingerprint density at radius 3 is 2.85 bits per heavy atom. The summed E-state index contributed by atoms with van der Waals surface area (Å²) in [6.07, 6.45) is 0. The first-order valence-electron chi connectivity index (χ1n) is 6.25. The molecule has 0 aliphatic rings. The van der Waals surface area contributed by atoms with Gasteiger partial charge in [-0.3, -0.25) is 9.69 Å². The molecule has 2 rings (SSSR count). The zero-order valence-electron chi connectivity index (χ0n) is 11.4. The van der Waals surface area contributed by atoms with Gasteiger partial charge in [-0.2, -0.15) is 0 Å². The van der Waals surface area contributed by atoms with Crippen molar-refractivity contribution < 1.29 is 9.90 Å².